The van der Waals surface area contributed by atoms with Gasteiger partial charge in [0.2, 0.25) is 0 Å². The van der Waals surface area contributed by atoms with Gasteiger partial charge >= 0.3 is 91.2 Å². The Morgan fingerprint density at radius 2 is 0.538 bits per heavy atom. The minimum atomic E-state index is -4.11. The van der Waals surface area contributed by atoms with Crippen molar-refractivity contribution in [1.29, 1.82) is 0 Å². The molecule has 0 bridgehead atoms. The van der Waals surface area contributed by atoms with Gasteiger partial charge in [-0.3, -0.25) is 0 Å². The average Bonchev–Trinajstić information content (AvgIpc) is 1.54. The van der Waals surface area contributed by atoms with Crippen LogP contribution in [0.25, 0.3) is 0 Å². The van der Waals surface area contributed by atoms with Gasteiger partial charge in [-0.2, -0.15) is 0 Å². The van der Waals surface area contributed by atoms with E-state index in [1.807, 2.05) is 0 Å². The molecule has 13 heteroatoms. The van der Waals surface area contributed by atoms with E-state index < -0.39 is 61.1 Å². The zero-order valence-corrected chi connectivity index (χ0v) is 15.2. The van der Waals surface area contributed by atoms with Gasteiger partial charge in [-0.1, -0.05) is 0 Å². The van der Waals surface area contributed by atoms with Crippen molar-refractivity contribution >= 4 is 61.1 Å². The molecular formula is O9Te3W-6. The predicted molar refractivity (Wildman–Crippen MR) is 19.3 cm³/mol. The van der Waals surface area contributed by atoms with Crippen LogP contribution in [0, 0.1) is 0 Å². The topological polar surface area (TPSA) is 190 Å². The van der Waals surface area contributed by atoms with Crippen molar-refractivity contribution in [2.24, 2.45) is 0 Å². The smallest absolute Gasteiger partial charge is 0 e. The van der Waals surface area contributed by atoms with E-state index in [2.05, 4.69) is 0 Å². The molecule has 0 saturated heterocycles. The van der Waals surface area contributed by atoms with Crippen molar-refractivity contribution in [2.45, 2.75) is 0 Å². The summed E-state index contributed by atoms with van der Waals surface area (Å²) in [5.41, 5.74) is 0. The summed E-state index contributed by atoms with van der Waals surface area (Å²) >= 11 is -12.3. The molecule has 0 aromatic rings. The summed E-state index contributed by atoms with van der Waals surface area (Å²) in [7, 11) is 0. The third kappa shape index (κ3) is 432. The maximum Gasteiger partial charge on any atom is 0 e. The second-order valence-corrected chi connectivity index (χ2v) is 4.11. The zero-order chi connectivity index (χ0) is 10.7. The van der Waals surface area contributed by atoms with E-state index in [4.69, 9.17) is 30.1 Å². The van der Waals surface area contributed by atoms with Crippen molar-refractivity contribution in [3.05, 3.63) is 0 Å². The molecule has 0 unspecified atom stereocenters. The largest absolute Gasteiger partial charge is 0 e. The van der Waals surface area contributed by atoms with Crippen LogP contribution in [0.1, 0.15) is 0 Å². The fourth-order valence-corrected chi connectivity index (χ4v) is 0. The van der Waals surface area contributed by atoms with E-state index in [0.29, 0.717) is 0 Å². The van der Waals surface area contributed by atoms with Gasteiger partial charge in [0, 0.05) is 21.1 Å². The Morgan fingerprint density at radius 1 is 0.538 bits per heavy atom. The SMILES string of the molecule is O=[Te]([O-])[O-].O=[Te]([O-])[O-].O=[Te]([O-])[O-].[W]. The van der Waals surface area contributed by atoms with Crippen molar-refractivity contribution < 1.29 is 51.2 Å². The number of hydrogen-bond donors (Lipinski definition) is 0. The summed E-state index contributed by atoms with van der Waals surface area (Å²) in [5.74, 6) is 0. The molecule has 0 aliphatic carbocycles. The molecule has 0 fully saturated rings. The van der Waals surface area contributed by atoms with Crippen LogP contribution in [0.15, 0.2) is 0 Å². The van der Waals surface area contributed by atoms with E-state index in [1.165, 1.54) is 0 Å². The molecule has 9 nitrogen and oxygen atoms in total. The summed E-state index contributed by atoms with van der Waals surface area (Å²) in [6, 6.07) is 0. The molecule has 0 heterocycles. The van der Waals surface area contributed by atoms with E-state index in [0.717, 1.165) is 0 Å². The van der Waals surface area contributed by atoms with Crippen molar-refractivity contribution in [3.63, 3.8) is 0 Å². The van der Waals surface area contributed by atoms with Crippen molar-refractivity contribution in [1.82, 2.24) is 0 Å². The normalized spacial score (nSPS) is 8.08. The molecule has 0 aliphatic heterocycles. The minimum Gasteiger partial charge on any atom is 0 e. The molecule has 0 aromatic heterocycles. The van der Waals surface area contributed by atoms with E-state index in [-0.39, 0.29) is 21.1 Å². The van der Waals surface area contributed by atoms with Crippen LogP contribution in [0.4, 0.5) is 0 Å². The van der Waals surface area contributed by atoms with Crippen LogP contribution in [0.5, 0.6) is 0 Å². The molecule has 0 aliphatic rings. The number of hydrogen-bond acceptors (Lipinski definition) is 9. The van der Waals surface area contributed by atoms with Gasteiger partial charge in [0.25, 0.3) is 0 Å². The maximum atomic E-state index is 8.59. The number of rotatable bonds is 0. The third-order valence-corrected chi connectivity index (χ3v) is 0. The molecule has 0 saturated carbocycles. The van der Waals surface area contributed by atoms with Gasteiger partial charge < -0.3 is 0 Å². The Morgan fingerprint density at radius 3 is 0.538 bits per heavy atom. The first-order valence-electron chi connectivity index (χ1n) is 1.50. The third-order valence-electron chi connectivity index (χ3n) is 0. The fourth-order valence-electron chi connectivity index (χ4n) is 0. The van der Waals surface area contributed by atoms with Gasteiger partial charge in [-0.15, -0.1) is 0 Å². The molecule has 0 aromatic carbocycles. The summed E-state index contributed by atoms with van der Waals surface area (Å²) in [6.07, 6.45) is 0. The van der Waals surface area contributed by atoms with Crippen molar-refractivity contribution in [3.8, 4) is 0 Å². The quantitative estimate of drug-likeness (QED) is 0.220. The van der Waals surface area contributed by atoms with Gasteiger partial charge in [0.05, 0.1) is 0 Å². The molecule has 0 atom stereocenters. The van der Waals surface area contributed by atoms with Crippen LogP contribution in [-0.2, 0) is 30.4 Å². The standard InChI is InChI=1S/3H2O3Te.W/c3*1-4(2)3;/h3*(H2,1,2,3);/p-6. The van der Waals surface area contributed by atoms with E-state index >= 15 is 0 Å². The summed E-state index contributed by atoms with van der Waals surface area (Å²) < 4.78 is 77.3. The van der Waals surface area contributed by atoms with Crippen LogP contribution in [0.3, 0.4) is 0 Å². The van der Waals surface area contributed by atoms with Crippen LogP contribution >= 0.6 is 0 Å². The first kappa shape index (κ1) is 24.4. The predicted octanol–water partition coefficient (Wildman–Crippen LogP) is -8.64. The average molecular weight is 711 g/mol. The first-order valence-corrected chi connectivity index (χ1v) is 10.1. The fraction of sp³-hybridized carbons (Fsp3) is 0. The van der Waals surface area contributed by atoms with Gasteiger partial charge in [0.15, 0.2) is 0 Å². The molecule has 84 valence electrons. The van der Waals surface area contributed by atoms with Crippen LogP contribution in [0.2, 0.25) is 0 Å². The summed E-state index contributed by atoms with van der Waals surface area (Å²) in [5, 5.41) is 0. The van der Waals surface area contributed by atoms with Crippen LogP contribution < -0.4 is 20.8 Å². The Balaban J connectivity index is -0.0000000450. The Labute approximate surface area is 111 Å². The van der Waals surface area contributed by atoms with Gasteiger partial charge in [-0.05, 0) is 0 Å². The van der Waals surface area contributed by atoms with Gasteiger partial charge in [-0.25, -0.2) is 0 Å². The summed E-state index contributed by atoms with van der Waals surface area (Å²) in [4.78, 5) is 0. The molecule has 0 radical (unpaired) electrons. The van der Waals surface area contributed by atoms with Crippen LogP contribution in [-0.4, -0.2) is 61.1 Å². The van der Waals surface area contributed by atoms with Crippen molar-refractivity contribution in [2.75, 3.05) is 0 Å². The Bertz CT molecular complexity index is 112. The second kappa shape index (κ2) is 19.7. The monoisotopic (exact) mass is 718 g/mol. The minimum absolute atomic E-state index is 0. The zero-order valence-electron chi connectivity index (χ0n) is 5.31. The molecule has 13 heavy (non-hydrogen) atoms. The molecular weight excluding hydrogens is 711 g/mol. The van der Waals surface area contributed by atoms with E-state index in [9.17, 15) is 0 Å². The Kier molecular flexibility index (Phi) is 37.1. The Hall–Kier alpha value is 2.22. The maximum absolute atomic E-state index is 8.59. The first-order chi connectivity index (χ1) is 5.20. The molecule has 0 amide bonds. The second-order valence-electron chi connectivity index (χ2n) is 0.612. The molecule has 0 spiro atoms. The molecule has 0 N–H and O–H groups in total. The van der Waals surface area contributed by atoms with Gasteiger partial charge in [0.1, 0.15) is 0 Å². The molecule has 0 rings (SSSR count). The van der Waals surface area contributed by atoms with E-state index in [1.54, 1.807) is 0 Å². The summed E-state index contributed by atoms with van der Waals surface area (Å²) in [6.45, 7) is 0.